The van der Waals surface area contributed by atoms with Crippen LogP contribution in [-0.4, -0.2) is 64.3 Å². The Labute approximate surface area is 340 Å². The summed E-state index contributed by atoms with van der Waals surface area (Å²) in [5, 5.41) is 12.6. The zero-order valence-corrected chi connectivity index (χ0v) is 33.6. The first kappa shape index (κ1) is 37.6. The third kappa shape index (κ3) is 8.73. The van der Waals surface area contributed by atoms with Crippen LogP contribution in [0.5, 0.6) is 0 Å². The van der Waals surface area contributed by atoms with Crippen LogP contribution in [0.2, 0.25) is 0 Å². The highest BCUT2D eigenvalue weighted by Gasteiger charge is 2.22. The summed E-state index contributed by atoms with van der Waals surface area (Å²) in [6, 6.07) is 37.3. The molecule has 2 aliphatic rings. The average Bonchev–Trinajstić information content (AvgIpc) is 4.08. The van der Waals surface area contributed by atoms with E-state index in [1.54, 1.807) is 21.4 Å². The van der Waals surface area contributed by atoms with Gasteiger partial charge in [0.1, 0.15) is 23.3 Å². The second-order valence-corrected chi connectivity index (χ2v) is 15.1. The van der Waals surface area contributed by atoms with Gasteiger partial charge in [-0.25, -0.2) is 29.0 Å². The summed E-state index contributed by atoms with van der Waals surface area (Å²) in [4.78, 5) is 22.5. The van der Waals surface area contributed by atoms with Gasteiger partial charge in [0.25, 0.3) is 0 Å². The lowest BCUT2D eigenvalue weighted by atomic mass is 10.1. The maximum atomic E-state index is 5.63. The van der Waals surface area contributed by atoms with E-state index in [-0.39, 0.29) is 0 Å². The Bertz CT molecular complexity index is 2560. The van der Waals surface area contributed by atoms with Crippen LogP contribution in [0.1, 0.15) is 39.5 Å². The van der Waals surface area contributed by atoms with Gasteiger partial charge in [-0.1, -0.05) is 72.8 Å². The van der Waals surface area contributed by atoms with Crippen molar-refractivity contribution < 1.29 is 0 Å². The molecular weight excluding hydrogens is 776 g/mol. The molecule has 8 aromatic rings. The molecule has 0 unspecified atom stereocenters. The molecule has 3 N–H and O–H groups in total. The van der Waals surface area contributed by atoms with E-state index in [9.17, 15) is 0 Å². The molecule has 2 saturated heterocycles. The molecule has 0 amide bonds. The van der Waals surface area contributed by atoms with Gasteiger partial charge in [0, 0.05) is 61.1 Å². The molecule has 10 rings (SSSR count). The Hall–Kier alpha value is -6.34. The van der Waals surface area contributed by atoms with Crippen molar-refractivity contribution in [3.8, 4) is 22.5 Å². The predicted octanol–water partition coefficient (Wildman–Crippen LogP) is 9.33. The van der Waals surface area contributed by atoms with Crippen molar-refractivity contribution in [2.24, 2.45) is 0 Å². The minimum absolute atomic E-state index is 0.535. The van der Waals surface area contributed by atoms with Crippen LogP contribution < -0.4 is 20.9 Å². The van der Waals surface area contributed by atoms with Crippen molar-refractivity contribution >= 4 is 56.2 Å². The highest BCUT2D eigenvalue weighted by Crippen LogP contribution is 2.29. The fraction of sp³-hybridized carbons (Fsp3) is 0.227. The normalized spacial score (nSPS) is 16.3. The molecule has 2 aromatic carbocycles. The molecule has 13 heteroatoms. The van der Waals surface area contributed by atoms with Crippen molar-refractivity contribution in [1.82, 2.24) is 39.2 Å². The number of fused-ring (bicyclic) bond motifs is 2. The van der Waals surface area contributed by atoms with Crippen molar-refractivity contribution in [2.75, 3.05) is 33.9 Å². The maximum absolute atomic E-state index is 5.63. The minimum atomic E-state index is 0.535. The molecule has 2 fully saturated rings. The van der Waals surface area contributed by atoms with E-state index >= 15 is 0 Å². The number of imidazole rings is 2. The van der Waals surface area contributed by atoms with Crippen LogP contribution in [0.4, 0.5) is 29.0 Å². The Balaban J connectivity index is 0.000000132. The van der Waals surface area contributed by atoms with Crippen LogP contribution in [0.3, 0.4) is 0 Å². The summed E-state index contributed by atoms with van der Waals surface area (Å²) >= 11 is 3.50. The summed E-state index contributed by atoms with van der Waals surface area (Å²) < 4.78 is 4.52. The molecule has 2 aliphatic heterocycles. The number of halogens is 1. The molecule has 6 aromatic heterocycles. The Kier molecular flexibility index (Phi) is 11.3. The highest BCUT2D eigenvalue weighted by molar-refractivity contribution is 9.10. The van der Waals surface area contributed by atoms with E-state index in [1.807, 2.05) is 97.3 Å². The Morgan fingerprint density at radius 1 is 0.632 bits per heavy atom. The largest absolute Gasteiger partial charge is 0.384 e. The zero-order valence-electron chi connectivity index (χ0n) is 32.0. The number of nitrogens with two attached hydrogens (primary N) is 1. The first-order valence-corrected chi connectivity index (χ1v) is 20.1. The van der Waals surface area contributed by atoms with E-state index in [0.29, 0.717) is 17.9 Å². The van der Waals surface area contributed by atoms with Gasteiger partial charge < -0.3 is 20.9 Å². The number of pyridine rings is 2. The molecule has 0 radical (unpaired) electrons. The maximum Gasteiger partial charge on any atom is 0.177 e. The summed E-state index contributed by atoms with van der Waals surface area (Å²) in [5.74, 6) is 3.46. The molecule has 0 spiro atoms. The molecule has 8 heterocycles. The van der Waals surface area contributed by atoms with Crippen LogP contribution in [-0.2, 0) is 0 Å². The molecule has 0 bridgehead atoms. The third-order valence-corrected chi connectivity index (χ3v) is 10.8. The van der Waals surface area contributed by atoms with E-state index in [2.05, 4.69) is 94.3 Å². The van der Waals surface area contributed by atoms with Gasteiger partial charge in [0.15, 0.2) is 11.3 Å². The predicted molar refractivity (Wildman–Crippen MR) is 233 cm³/mol. The van der Waals surface area contributed by atoms with Gasteiger partial charge in [0.05, 0.1) is 21.5 Å². The number of nitrogen functional groups attached to an aromatic ring is 1. The number of hydrogen-bond acceptors (Lipinski definition) is 10. The minimum Gasteiger partial charge on any atom is -0.384 e. The molecule has 2 atom stereocenters. The number of rotatable bonds is 6. The van der Waals surface area contributed by atoms with E-state index < -0.39 is 0 Å². The quantitative estimate of drug-likeness (QED) is 0.167. The van der Waals surface area contributed by atoms with Gasteiger partial charge in [0.2, 0.25) is 0 Å². The summed E-state index contributed by atoms with van der Waals surface area (Å²) in [7, 11) is 0. The van der Waals surface area contributed by atoms with E-state index in [1.165, 1.54) is 25.7 Å². The molecule has 0 aliphatic carbocycles. The Morgan fingerprint density at radius 2 is 1.18 bits per heavy atom. The SMILES string of the molecule is Brc1cc(-c2ccccc2)nn2ccnc12.C[C@@H]1CCCN1c1cccc(N)n1.C[C@@H]1CCCN1c1cccc(Nc2cc(-c3ccccc3)nn3ccnc23)n1. The molecule has 0 saturated carbocycles. The fourth-order valence-electron chi connectivity index (χ4n) is 7.32. The fourth-order valence-corrected chi connectivity index (χ4v) is 7.83. The third-order valence-electron chi connectivity index (χ3n) is 10.3. The second-order valence-electron chi connectivity index (χ2n) is 14.2. The molecule has 288 valence electrons. The van der Waals surface area contributed by atoms with Gasteiger partial charge in [-0.15, -0.1) is 0 Å². The number of nitrogens with zero attached hydrogens (tertiary/aromatic N) is 10. The van der Waals surface area contributed by atoms with Crippen LogP contribution in [0, 0.1) is 0 Å². The lowest BCUT2D eigenvalue weighted by molar-refractivity contribution is 0.727. The highest BCUT2D eigenvalue weighted by atomic mass is 79.9. The number of nitrogens with one attached hydrogen (secondary N) is 1. The topological polar surface area (TPSA) is 131 Å². The smallest absolute Gasteiger partial charge is 0.177 e. The molecular formula is C44H45BrN12. The average molecular weight is 822 g/mol. The number of aromatic nitrogens is 8. The zero-order chi connectivity index (χ0) is 39.1. The standard InChI is InChI=1S/C22H22N6.C12H8BrN3.C10H15N3/c1-16-7-6-13-27(16)21-11-5-10-20(25-21)24-19-15-18(17-8-3-2-4-9-17)26-28-14-12-23-22(19)28;13-10-8-11(9-4-2-1-3-5-9)15-16-7-6-14-12(10)16;1-8-4-3-7-13(8)10-6-2-5-9(11)12-10/h2-5,8-12,14-16H,6-7,13H2,1H3,(H,24,25);1-8H;2,5-6,8H,3-4,7H2,1H3,(H2,11,12)/t16-;;8-/m1.1/s1. The monoisotopic (exact) mass is 820 g/mol. The number of benzene rings is 2. The molecule has 57 heavy (non-hydrogen) atoms. The van der Waals surface area contributed by atoms with Crippen molar-refractivity contribution in [3.63, 3.8) is 0 Å². The lowest BCUT2D eigenvalue weighted by Crippen LogP contribution is -2.27. The van der Waals surface area contributed by atoms with E-state index in [4.69, 9.17) is 10.7 Å². The number of hydrogen-bond donors (Lipinski definition) is 2. The first-order valence-electron chi connectivity index (χ1n) is 19.3. The van der Waals surface area contributed by atoms with Crippen LogP contribution >= 0.6 is 15.9 Å². The first-order chi connectivity index (χ1) is 27.9. The van der Waals surface area contributed by atoms with Crippen molar-refractivity contribution in [1.29, 1.82) is 0 Å². The van der Waals surface area contributed by atoms with Gasteiger partial charge in [-0.05, 0) is 91.9 Å². The van der Waals surface area contributed by atoms with Crippen molar-refractivity contribution in [2.45, 2.75) is 51.6 Å². The lowest BCUT2D eigenvalue weighted by Gasteiger charge is -2.23. The summed E-state index contributed by atoms with van der Waals surface area (Å²) in [5.41, 5.74) is 12.1. The van der Waals surface area contributed by atoms with Crippen molar-refractivity contribution in [3.05, 3.63) is 138 Å². The summed E-state index contributed by atoms with van der Waals surface area (Å²) in [6.07, 6.45) is 12.2. The van der Waals surface area contributed by atoms with E-state index in [0.717, 1.165) is 74.5 Å². The van der Waals surface area contributed by atoms with Crippen LogP contribution in [0.15, 0.2) is 138 Å². The van der Waals surface area contributed by atoms with Crippen LogP contribution in [0.25, 0.3) is 33.8 Å². The molecule has 12 nitrogen and oxygen atoms in total. The van der Waals surface area contributed by atoms with Gasteiger partial charge in [-0.2, -0.15) is 10.2 Å². The Morgan fingerprint density at radius 3 is 1.75 bits per heavy atom. The summed E-state index contributed by atoms with van der Waals surface area (Å²) in [6.45, 7) is 6.67. The number of anilines is 5. The van der Waals surface area contributed by atoms with Gasteiger partial charge >= 0.3 is 0 Å². The van der Waals surface area contributed by atoms with Gasteiger partial charge in [-0.3, -0.25) is 0 Å². The second kappa shape index (κ2) is 17.2.